The van der Waals surface area contributed by atoms with Gasteiger partial charge in [0.15, 0.2) is 0 Å². The molecule has 7 nitrogen and oxygen atoms in total. The zero-order valence-electron chi connectivity index (χ0n) is 20.2. The topological polar surface area (TPSA) is 88.5 Å². The van der Waals surface area contributed by atoms with Gasteiger partial charge in [-0.2, -0.15) is 0 Å². The van der Waals surface area contributed by atoms with Crippen LogP contribution in [0.25, 0.3) is 16.6 Å². The molecule has 0 atom stereocenters. The molecule has 0 bridgehead atoms. The summed E-state index contributed by atoms with van der Waals surface area (Å²) in [5.41, 5.74) is 6.20. The van der Waals surface area contributed by atoms with E-state index in [0.29, 0.717) is 29.3 Å². The number of rotatable bonds is 7. The van der Waals surface area contributed by atoms with Crippen molar-refractivity contribution < 1.29 is 9.53 Å². The number of pyridine rings is 2. The lowest BCUT2D eigenvalue weighted by Crippen LogP contribution is -2.29. The van der Waals surface area contributed by atoms with Crippen LogP contribution < -0.4 is 15.6 Å². The summed E-state index contributed by atoms with van der Waals surface area (Å²) in [6.07, 6.45) is 1.68. The number of carbonyl (C=O) groups is 1. The predicted octanol–water partition coefficient (Wildman–Crippen LogP) is 4.76. The molecule has 0 aliphatic heterocycles. The van der Waals surface area contributed by atoms with Gasteiger partial charge < -0.3 is 15.0 Å². The quantitative estimate of drug-likeness (QED) is 0.418. The molecular weight excluding hydrogens is 428 g/mol. The van der Waals surface area contributed by atoms with Crippen LogP contribution in [-0.2, 0) is 6.54 Å². The number of aryl methyl sites for hydroxylation is 2. The molecule has 0 unspecified atom stereocenters. The second kappa shape index (κ2) is 9.55. The van der Waals surface area contributed by atoms with Crippen molar-refractivity contribution in [3.05, 3.63) is 87.4 Å². The number of H-pyrrole nitrogens is 1. The van der Waals surface area contributed by atoms with Crippen LogP contribution in [0.2, 0.25) is 0 Å². The zero-order chi connectivity index (χ0) is 24.4. The van der Waals surface area contributed by atoms with E-state index in [-0.39, 0.29) is 23.9 Å². The van der Waals surface area contributed by atoms with Crippen LogP contribution in [0.5, 0.6) is 5.75 Å². The molecule has 0 spiro atoms. The monoisotopic (exact) mass is 458 g/mol. The van der Waals surface area contributed by atoms with Crippen molar-refractivity contribution >= 4 is 11.4 Å². The maximum absolute atomic E-state index is 13.4. The van der Waals surface area contributed by atoms with E-state index in [2.05, 4.69) is 41.3 Å². The lowest BCUT2D eigenvalue weighted by atomic mass is 10.0. The molecule has 7 heteroatoms. The summed E-state index contributed by atoms with van der Waals surface area (Å²) >= 11 is 0. The standard InChI is InChI=1S/C27H30N4O3/c1-6-34-24-11-18(5)30-26(32)21(24)14-28-27(33)23-13-20(19-9-7-8-17(4)10-19)12-22-25(16(2)3)29-15-31(22)23/h7-13,15-16H,6,14H2,1-5H3,(H,28,33)(H,30,32). The Morgan fingerprint density at radius 1 is 1.15 bits per heavy atom. The molecule has 34 heavy (non-hydrogen) atoms. The number of nitrogens with zero attached hydrogens (tertiary/aromatic N) is 2. The molecule has 0 aliphatic rings. The second-order valence-electron chi connectivity index (χ2n) is 8.78. The number of carbonyl (C=O) groups excluding carboxylic acids is 1. The van der Waals surface area contributed by atoms with E-state index in [1.54, 1.807) is 19.3 Å². The van der Waals surface area contributed by atoms with Gasteiger partial charge >= 0.3 is 0 Å². The lowest BCUT2D eigenvalue weighted by molar-refractivity contribution is 0.0944. The number of fused-ring (bicyclic) bond motifs is 1. The summed E-state index contributed by atoms with van der Waals surface area (Å²) in [7, 11) is 0. The molecule has 2 N–H and O–H groups in total. The highest BCUT2D eigenvalue weighted by atomic mass is 16.5. The van der Waals surface area contributed by atoms with Crippen LogP contribution in [0.15, 0.2) is 53.6 Å². The van der Waals surface area contributed by atoms with Gasteiger partial charge in [0, 0.05) is 5.69 Å². The van der Waals surface area contributed by atoms with Gasteiger partial charge in [-0.05, 0) is 56.0 Å². The highest BCUT2D eigenvalue weighted by molar-refractivity contribution is 5.95. The van der Waals surface area contributed by atoms with Crippen molar-refractivity contribution in [2.75, 3.05) is 6.61 Å². The molecule has 4 rings (SSSR count). The SMILES string of the molecule is CCOc1cc(C)[nH]c(=O)c1CNC(=O)c1cc(-c2cccc(C)c2)cc2c(C(C)C)ncn12. The Kier molecular flexibility index (Phi) is 6.54. The summed E-state index contributed by atoms with van der Waals surface area (Å²) in [6.45, 7) is 10.3. The Labute approximate surface area is 198 Å². The summed E-state index contributed by atoms with van der Waals surface area (Å²) in [6, 6.07) is 13.9. The number of hydrogen-bond donors (Lipinski definition) is 2. The average Bonchev–Trinajstić information content (AvgIpc) is 3.22. The van der Waals surface area contributed by atoms with Crippen molar-refractivity contribution in [3.8, 4) is 16.9 Å². The summed E-state index contributed by atoms with van der Waals surface area (Å²) in [4.78, 5) is 33.3. The van der Waals surface area contributed by atoms with Gasteiger partial charge in [-0.25, -0.2) is 4.98 Å². The maximum Gasteiger partial charge on any atom is 0.268 e. The molecule has 1 amide bonds. The fraction of sp³-hybridized carbons (Fsp3) is 0.296. The van der Waals surface area contributed by atoms with Gasteiger partial charge in [-0.15, -0.1) is 0 Å². The minimum absolute atomic E-state index is 0.0473. The van der Waals surface area contributed by atoms with Gasteiger partial charge in [0.2, 0.25) is 0 Å². The number of ether oxygens (including phenoxy) is 1. The molecule has 0 fully saturated rings. The van der Waals surface area contributed by atoms with E-state index in [1.165, 1.54) is 0 Å². The first-order valence-electron chi connectivity index (χ1n) is 11.5. The molecule has 1 aromatic carbocycles. The van der Waals surface area contributed by atoms with E-state index in [4.69, 9.17) is 4.74 Å². The highest BCUT2D eigenvalue weighted by Gasteiger charge is 2.19. The summed E-state index contributed by atoms with van der Waals surface area (Å²) in [5, 5.41) is 2.91. The third-order valence-corrected chi connectivity index (χ3v) is 5.76. The van der Waals surface area contributed by atoms with Crippen LogP contribution in [0, 0.1) is 13.8 Å². The van der Waals surface area contributed by atoms with E-state index in [1.807, 2.05) is 42.5 Å². The molecular formula is C27H30N4O3. The Bertz CT molecular complexity index is 1420. The number of aromatic nitrogens is 3. The Morgan fingerprint density at radius 2 is 1.94 bits per heavy atom. The van der Waals surface area contributed by atoms with Crippen LogP contribution in [0.1, 0.15) is 59.7 Å². The number of amides is 1. The van der Waals surface area contributed by atoms with Crippen molar-refractivity contribution in [2.45, 2.75) is 47.1 Å². The third kappa shape index (κ3) is 4.59. The van der Waals surface area contributed by atoms with E-state index in [0.717, 1.165) is 27.9 Å². The molecule has 0 saturated heterocycles. The number of aromatic amines is 1. The van der Waals surface area contributed by atoms with Gasteiger partial charge in [0.25, 0.3) is 11.5 Å². The van der Waals surface area contributed by atoms with Crippen molar-refractivity contribution in [2.24, 2.45) is 0 Å². The van der Waals surface area contributed by atoms with E-state index < -0.39 is 0 Å². The highest BCUT2D eigenvalue weighted by Crippen LogP contribution is 2.28. The molecule has 0 saturated carbocycles. The van der Waals surface area contributed by atoms with Crippen LogP contribution in [-0.4, -0.2) is 26.9 Å². The fourth-order valence-electron chi connectivity index (χ4n) is 4.12. The number of nitrogens with one attached hydrogen (secondary N) is 2. The molecule has 3 heterocycles. The van der Waals surface area contributed by atoms with Crippen molar-refractivity contribution in [3.63, 3.8) is 0 Å². The van der Waals surface area contributed by atoms with Gasteiger partial charge in [0.05, 0.1) is 29.9 Å². The van der Waals surface area contributed by atoms with Crippen molar-refractivity contribution in [1.82, 2.24) is 19.7 Å². The summed E-state index contributed by atoms with van der Waals surface area (Å²) < 4.78 is 7.45. The van der Waals surface area contributed by atoms with Crippen LogP contribution >= 0.6 is 0 Å². The molecule has 0 radical (unpaired) electrons. The lowest BCUT2D eigenvalue weighted by Gasteiger charge is -2.14. The third-order valence-electron chi connectivity index (χ3n) is 5.76. The Morgan fingerprint density at radius 3 is 2.65 bits per heavy atom. The average molecular weight is 459 g/mol. The molecule has 176 valence electrons. The number of hydrogen-bond acceptors (Lipinski definition) is 4. The minimum Gasteiger partial charge on any atom is -0.493 e. The molecule has 3 aromatic heterocycles. The minimum atomic E-state index is -0.297. The summed E-state index contributed by atoms with van der Waals surface area (Å²) in [5.74, 6) is 0.385. The Balaban J connectivity index is 1.75. The fourth-order valence-corrected chi connectivity index (χ4v) is 4.12. The first kappa shape index (κ1) is 23.3. The number of imidazole rings is 1. The predicted molar refractivity (Wildman–Crippen MR) is 134 cm³/mol. The van der Waals surface area contributed by atoms with E-state index in [9.17, 15) is 9.59 Å². The van der Waals surface area contributed by atoms with Gasteiger partial charge in [0.1, 0.15) is 17.8 Å². The van der Waals surface area contributed by atoms with E-state index >= 15 is 0 Å². The largest absolute Gasteiger partial charge is 0.493 e. The maximum atomic E-state index is 13.4. The van der Waals surface area contributed by atoms with Crippen molar-refractivity contribution in [1.29, 1.82) is 0 Å². The normalized spacial score (nSPS) is 11.2. The first-order chi connectivity index (χ1) is 16.3. The van der Waals surface area contributed by atoms with Gasteiger partial charge in [-0.1, -0.05) is 43.7 Å². The smallest absolute Gasteiger partial charge is 0.268 e. The number of benzene rings is 1. The van der Waals surface area contributed by atoms with Crippen LogP contribution in [0.4, 0.5) is 0 Å². The first-order valence-corrected chi connectivity index (χ1v) is 11.5. The molecule has 0 aliphatic carbocycles. The zero-order valence-corrected chi connectivity index (χ0v) is 20.2. The van der Waals surface area contributed by atoms with Gasteiger partial charge in [-0.3, -0.25) is 14.0 Å². The second-order valence-corrected chi connectivity index (χ2v) is 8.78. The molecule has 4 aromatic rings. The Hall–Kier alpha value is -3.87. The van der Waals surface area contributed by atoms with Crippen LogP contribution in [0.3, 0.4) is 0 Å².